The van der Waals surface area contributed by atoms with Gasteiger partial charge in [0.1, 0.15) is 0 Å². The third-order valence-electron chi connectivity index (χ3n) is 3.55. The van der Waals surface area contributed by atoms with Gasteiger partial charge in [-0.25, -0.2) is 0 Å². The molecule has 1 aliphatic carbocycles. The molecule has 1 fully saturated rings. The first-order valence-electron chi connectivity index (χ1n) is 6.25. The van der Waals surface area contributed by atoms with Gasteiger partial charge in [0.05, 0.1) is 12.5 Å². The average molecular weight is 222 g/mol. The molecule has 0 aromatic heterocycles. The van der Waals surface area contributed by atoms with Crippen LogP contribution in [0, 0.1) is 23.2 Å². The van der Waals surface area contributed by atoms with Gasteiger partial charge in [-0.15, -0.1) is 0 Å². The smallest absolute Gasteiger partial charge is 0.226 e. The van der Waals surface area contributed by atoms with Crippen molar-refractivity contribution < 1.29 is 4.79 Å². The molecule has 2 atom stereocenters. The Kier molecular flexibility index (Phi) is 4.79. The lowest BCUT2D eigenvalue weighted by molar-refractivity contribution is -0.138. The zero-order valence-corrected chi connectivity index (χ0v) is 10.6. The number of carbonyl (C=O) groups excluding carboxylic acids is 1. The maximum Gasteiger partial charge on any atom is 0.226 e. The fourth-order valence-corrected chi connectivity index (χ4v) is 2.52. The van der Waals surface area contributed by atoms with Gasteiger partial charge in [0.2, 0.25) is 5.91 Å². The molecule has 0 spiro atoms. The third kappa shape index (κ3) is 2.98. The summed E-state index contributed by atoms with van der Waals surface area (Å²) < 4.78 is 0. The molecule has 1 amide bonds. The molecule has 0 bridgehead atoms. The second-order valence-electron chi connectivity index (χ2n) is 5.05. The van der Waals surface area contributed by atoms with Gasteiger partial charge in [-0.05, 0) is 32.6 Å². The zero-order valence-electron chi connectivity index (χ0n) is 10.6. The number of carbonyl (C=O) groups is 1. The third-order valence-corrected chi connectivity index (χ3v) is 3.55. The second-order valence-corrected chi connectivity index (χ2v) is 5.05. The van der Waals surface area contributed by atoms with Crippen LogP contribution < -0.4 is 0 Å². The van der Waals surface area contributed by atoms with Crippen LogP contribution in [-0.2, 0) is 4.79 Å². The van der Waals surface area contributed by atoms with Gasteiger partial charge in [0, 0.05) is 18.5 Å². The molecule has 1 saturated carbocycles. The van der Waals surface area contributed by atoms with Gasteiger partial charge in [-0.1, -0.05) is 13.3 Å². The van der Waals surface area contributed by atoms with Crippen molar-refractivity contribution in [3.8, 4) is 6.07 Å². The van der Waals surface area contributed by atoms with Crippen LogP contribution in [0.3, 0.4) is 0 Å². The molecular weight excluding hydrogens is 200 g/mol. The monoisotopic (exact) mass is 222 g/mol. The molecule has 3 nitrogen and oxygen atoms in total. The van der Waals surface area contributed by atoms with Gasteiger partial charge < -0.3 is 4.90 Å². The standard InChI is InChI=1S/C13H22N2O/c1-10(2)15(9-5-8-14)13(16)12-7-4-6-11(12)3/h10-12H,4-7,9H2,1-3H3. The molecule has 0 N–H and O–H groups in total. The topological polar surface area (TPSA) is 44.1 Å². The van der Waals surface area contributed by atoms with Crippen LogP contribution in [0.2, 0.25) is 0 Å². The van der Waals surface area contributed by atoms with E-state index in [1.165, 1.54) is 12.8 Å². The quantitative estimate of drug-likeness (QED) is 0.733. The molecule has 0 heterocycles. The number of amides is 1. The van der Waals surface area contributed by atoms with Gasteiger partial charge in [-0.2, -0.15) is 5.26 Å². The molecule has 1 aliphatic rings. The van der Waals surface area contributed by atoms with E-state index in [9.17, 15) is 4.79 Å². The highest BCUT2D eigenvalue weighted by molar-refractivity contribution is 5.79. The van der Waals surface area contributed by atoms with Crippen LogP contribution >= 0.6 is 0 Å². The van der Waals surface area contributed by atoms with E-state index in [-0.39, 0.29) is 17.9 Å². The first kappa shape index (κ1) is 13.0. The van der Waals surface area contributed by atoms with Crippen LogP contribution in [-0.4, -0.2) is 23.4 Å². The van der Waals surface area contributed by atoms with Crippen LogP contribution in [0.15, 0.2) is 0 Å². The Morgan fingerprint density at radius 1 is 1.50 bits per heavy atom. The molecule has 0 aromatic carbocycles. The molecule has 0 radical (unpaired) electrons. The Morgan fingerprint density at radius 3 is 2.62 bits per heavy atom. The Morgan fingerprint density at radius 2 is 2.19 bits per heavy atom. The molecule has 1 rings (SSSR count). The summed E-state index contributed by atoms with van der Waals surface area (Å²) in [4.78, 5) is 14.2. The molecule has 90 valence electrons. The highest BCUT2D eigenvalue weighted by Gasteiger charge is 2.33. The highest BCUT2D eigenvalue weighted by Crippen LogP contribution is 2.32. The van der Waals surface area contributed by atoms with Crippen LogP contribution in [0.4, 0.5) is 0 Å². The lowest BCUT2D eigenvalue weighted by Crippen LogP contribution is -2.42. The van der Waals surface area contributed by atoms with E-state index < -0.39 is 0 Å². The Labute approximate surface area is 98.4 Å². The maximum atomic E-state index is 12.3. The fourth-order valence-electron chi connectivity index (χ4n) is 2.52. The Balaban J connectivity index is 2.63. The molecule has 3 heteroatoms. The minimum atomic E-state index is 0.195. The Bertz CT molecular complexity index is 280. The van der Waals surface area contributed by atoms with Crippen molar-refractivity contribution in [2.45, 2.75) is 52.5 Å². The first-order chi connectivity index (χ1) is 7.57. The van der Waals surface area contributed by atoms with E-state index in [2.05, 4.69) is 13.0 Å². The Hall–Kier alpha value is -1.04. The van der Waals surface area contributed by atoms with Crippen molar-refractivity contribution in [3.05, 3.63) is 0 Å². The minimum absolute atomic E-state index is 0.195. The van der Waals surface area contributed by atoms with Crippen molar-refractivity contribution in [2.75, 3.05) is 6.54 Å². The van der Waals surface area contributed by atoms with Gasteiger partial charge in [0.15, 0.2) is 0 Å². The van der Waals surface area contributed by atoms with Crippen molar-refractivity contribution in [1.82, 2.24) is 4.90 Å². The maximum absolute atomic E-state index is 12.3. The van der Waals surface area contributed by atoms with Gasteiger partial charge in [-0.3, -0.25) is 4.79 Å². The van der Waals surface area contributed by atoms with Gasteiger partial charge >= 0.3 is 0 Å². The number of nitriles is 1. The number of hydrogen-bond donors (Lipinski definition) is 0. The van der Waals surface area contributed by atoms with Crippen molar-refractivity contribution in [1.29, 1.82) is 5.26 Å². The molecule has 0 aliphatic heterocycles. The fraction of sp³-hybridized carbons (Fsp3) is 0.846. The summed E-state index contributed by atoms with van der Waals surface area (Å²) in [7, 11) is 0. The van der Waals surface area contributed by atoms with E-state index in [4.69, 9.17) is 5.26 Å². The van der Waals surface area contributed by atoms with Gasteiger partial charge in [0.25, 0.3) is 0 Å². The van der Waals surface area contributed by atoms with E-state index >= 15 is 0 Å². The summed E-state index contributed by atoms with van der Waals surface area (Å²) >= 11 is 0. The lowest BCUT2D eigenvalue weighted by atomic mass is 9.96. The SMILES string of the molecule is CC1CCCC1C(=O)N(CCC#N)C(C)C. The normalized spacial score (nSPS) is 24.4. The molecule has 2 unspecified atom stereocenters. The summed E-state index contributed by atoms with van der Waals surface area (Å²) in [6, 6.07) is 2.32. The van der Waals surface area contributed by atoms with Crippen molar-refractivity contribution in [2.24, 2.45) is 11.8 Å². The van der Waals surface area contributed by atoms with Crippen LogP contribution in [0.25, 0.3) is 0 Å². The second kappa shape index (κ2) is 5.89. The molecule has 0 aromatic rings. The summed E-state index contributed by atoms with van der Waals surface area (Å²) in [5, 5.41) is 8.61. The van der Waals surface area contributed by atoms with E-state index in [1.807, 2.05) is 18.7 Å². The molecule has 0 saturated heterocycles. The van der Waals surface area contributed by atoms with Crippen molar-refractivity contribution >= 4 is 5.91 Å². The molecular formula is C13H22N2O. The largest absolute Gasteiger partial charge is 0.339 e. The number of hydrogen-bond acceptors (Lipinski definition) is 2. The zero-order chi connectivity index (χ0) is 12.1. The van der Waals surface area contributed by atoms with Crippen LogP contribution in [0.5, 0.6) is 0 Å². The summed E-state index contributed by atoms with van der Waals surface area (Å²) in [6.07, 6.45) is 3.79. The summed E-state index contributed by atoms with van der Waals surface area (Å²) in [5.41, 5.74) is 0. The first-order valence-corrected chi connectivity index (χ1v) is 6.25. The lowest BCUT2D eigenvalue weighted by Gasteiger charge is -2.30. The summed E-state index contributed by atoms with van der Waals surface area (Å²) in [6.45, 7) is 6.79. The van der Waals surface area contributed by atoms with Crippen LogP contribution in [0.1, 0.15) is 46.5 Å². The predicted octanol–water partition coefficient (Wildman–Crippen LogP) is 2.57. The number of nitrogens with zero attached hydrogens (tertiary/aromatic N) is 2. The van der Waals surface area contributed by atoms with E-state index in [0.717, 1.165) is 6.42 Å². The van der Waals surface area contributed by atoms with E-state index in [0.29, 0.717) is 18.9 Å². The highest BCUT2D eigenvalue weighted by atomic mass is 16.2. The average Bonchev–Trinajstić information content (AvgIpc) is 2.64. The predicted molar refractivity (Wildman–Crippen MR) is 63.6 cm³/mol. The van der Waals surface area contributed by atoms with Crippen molar-refractivity contribution in [3.63, 3.8) is 0 Å². The molecule has 16 heavy (non-hydrogen) atoms. The minimum Gasteiger partial charge on any atom is -0.339 e. The van der Waals surface area contributed by atoms with E-state index in [1.54, 1.807) is 0 Å². The summed E-state index contributed by atoms with van der Waals surface area (Å²) in [5.74, 6) is 0.965. The number of rotatable bonds is 4.